The number of ether oxygens (including phenoxy) is 12. The number of esters is 2. The fourth-order valence-corrected chi connectivity index (χ4v) is 15.2. The molecule has 4 saturated heterocycles. The van der Waals surface area contributed by atoms with E-state index in [1.54, 1.807) is 53.7 Å². The van der Waals surface area contributed by atoms with E-state index < -0.39 is 182 Å². The molecular weight excluding hydrogens is 1070 g/mol. The molecule has 4 aliphatic carbocycles. The number of hydrogen-bond donors (Lipinski definition) is 9. The van der Waals surface area contributed by atoms with Crippen molar-refractivity contribution in [2.24, 2.45) is 34.5 Å². The summed E-state index contributed by atoms with van der Waals surface area (Å²) in [5.41, 5.74) is -2.45. The third-order valence-electron chi connectivity index (χ3n) is 20.1. The highest BCUT2D eigenvalue weighted by molar-refractivity contribution is 5.89. The summed E-state index contributed by atoms with van der Waals surface area (Å²) in [7, 11) is 2.86. The van der Waals surface area contributed by atoms with Crippen LogP contribution in [0.4, 0.5) is 0 Å². The van der Waals surface area contributed by atoms with E-state index >= 15 is 0 Å². The summed E-state index contributed by atoms with van der Waals surface area (Å²) in [5, 5.41) is 98.4. The molecule has 7 unspecified atom stereocenters. The van der Waals surface area contributed by atoms with Crippen molar-refractivity contribution in [2.45, 2.75) is 254 Å². The third-order valence-corrected chi connectivity index (χ3v) is 20.1. The maximum Gasteiger partial charge on any atom is 0.333 e. The lowest BCUT2D eigenvalue weighted by Crippen LogP contribution is -2.73. The van der Waals surface area contributed by atoms with Gasteiger partial charge in [0.2, 0.25) is 0 Å². The van der Waals surface area contributed by atoms with E-state index in [1.165, 1.54) is 21.1 Å². The van der Waals surface area contributed by atoms with Crippen LogP contribution in [0.25, 0.3) is 0 Å². The Hall–Kier alpha value is -2.67. The smallest absolute Gasteiger partial charge is 0.333 e. The Balaban J connectivity index is 0.919. The predicted octanol–water partition coefficient (Wildman–Crippen LogP) is 0.375. The van der Waals surface area contributed by atoms with Crippen LogP contribution in [0.15, 0.2) is 23.3 Å². The van der Waals surface area contributed by atoms with Crippen molar-refractivity contribution >= 4 is 17.7 Å². The molecule has 4 heterocycles. The molecule has 8 rings (SSSR count). The maximum atomic E-state index is 13.9. The summed E-state index contributed by atoms with van der Waals surface area (Å²) in [6, 6.07) is 0. The maximum absolute atomic E-state index is 13.9. The van der Waals surface area contributed by atoms with E-state index in [2.05, 4.69) is 6.92 Å². The van der Waals surface area contributed by atoms with Crippen LogP contribution in [0, 0.1) is 34.5 Å². The van der Waals surface area contributed by atoms with Crippen molar-refractivity contribution in [3.63, 3.8) is 0 Å². The van der Waals surface area contributed by atoms with Crippen molar-refractivity contribution in [3.05, 3.63) is 23.3 Å². The molecule has 0 bridgehead atoms. The van der Waals surface area contributed by atoms with E-state index in [-0.39, 0.29) is 30.1 Å². The standard InChI is InChI=1S/C57H90O24/c1-12-24(3)50(67)77-47-37-32(57(69)19-17-31(26(5)60)56(57,9)49(47)81-51(68)25(4)13-2)15-14-29-20-30(16-18-55(29,37)8)74-36-21-33(70-10)44(27(6)72-36)78-54-43(66)48(71-11)45(28(7)73-54)79-53-42(65)40(63)46(35(23-59)76-53)80-52-41(64)39(62)38(61)34(22-58)75-52/h12-13,27-49,52-54,58-59,61-66,69H,14-23H2,1-11H3/b24-12+,25-13+/t27?,28?,29-,30-,31+,32+,33+,34?,35?,36-,37+,38+,39-,40+,41?,42?,43?,44+,45+,46+,47-,48+,49+,52-,53-,54-,55-,56-,57-/m0/s1. The lowest BCUT2D eigenvalue weighted by molar-refractivity contribution is -0.384. The number of rotatable bonds is 17. The van der Waals surface area contributed by atoms with Gasteiger partial charge in [0.05, 0.1) is 43.2 Å². The minimum atomic E-state index is -1.86. The van der Waals surface area contributed by atoms with E-state index in [4.69, 9.17) is 56.8 Å². The van der Waals surface area contributed by atoms with Crippen LogP contribution in [-0.4, -0.2) is 232 Å². The number of methoxy groups -OCH3 is 2. The molecule has 462 valence electrons. The zero-order valence-corrected chi connectivity index (χ0v) is 48.4. The predicted molar refractivity (Wildman–Crippen MR) is 279 cm³/mol. The molecule has 0 spiro atoms. The number of hydrogen-bond acceptors (Lipinski definition) is 24. The third kappa shape index (κ3) is 11.7. The average Bonchev–Trinajstić information content (AvgIpc) is 3.87. The molecule has 0 radical (unpaired) electrons. The number of Topliss-reactive ketones (excluding diaryl/α,β-unsaturated/α-hetero) is 1. The van der Waals surface area contributed by atoms with Crippen LogP contribution in [0.3, 0.4) is 0 Å². The zero-order chi connectivity index (χ0) is 59.4. The van der Waals surface area contributed by atoms with Crippen LogP contribution < -0.4 is 0 Å². The van der Waals surface area contributed by atoms with Gasteiger partial charge >= 0.3 is 11.9 Å². The van der Waals surface area contributed by atoms with Gasteiger partial charge in [-0.2, -0.15) is 0 Å². The van der Waals surface area contributed by atoms with Gasteiger partial charge in [0.15, 0.2) is 25.2 Å². The van der Waals surface area contributed by atoms with Crippen LogP contribution in [0.5, 0.6) is 0 Å². The van der Waals surface area contributed by atoms with Gasteiger partial charge in [-0.05, 0) is 111 Å². The second-order valence-corrected chi connectivity index (χ2v) is 24.4. The summed E-state index contributed by atoms with van der Waals surface area (Å²) in [5.74, 6) is -2.71. The average molecular weight is 1160 g/mol. The monoisotopic (exact) mass is 1160 g/mol. The zero-order valence-electron chi connectivity index (χ0n) is 48.4. The SMILES string of the molecule is C/C=C(\C)C(=O)O[C@H]1[C@H]2[C@@H](CC[C@H]3C[C@@H](O[C@H]4C[C@@H](OC)[C@H](O[C@@H]5OC(C)[C@@H](O[C@@H]6OC(CO)[C@@H](O[C@@H]7OC(CO)[C@@H](O)[C@H](O)C7O)[C@H](O)C6O)[C@H](OC)C5O)C(C)O4)CC[C@@]32C)[C@@]2(O)CC[C@H](C(C)=O)[C@@]2(C)[C@@H]1OC(=O)/C(C)=C/C. The Morgan fingerprint density at radius 3 is 1.78 bits per heavy atom. The van der Waals surface area contributed by atoms with Gasteiger partial charge in [-0.1, -0.05) is 26.0 Å². The number of allylic oxidation sites excluding steroid dienone is 2. The summed E-state index contributed by atoms with van der Waals surface area (Å²) in [6.45, 7) is 14.2. The van der Waals surface area contributed by atoms with E-state index in [0.29, 0.717) is 49.7 Å². The number of carbonyl (C=O) groups excluding carboxylic acids is 3. The highest BCUT2D eigenvalue weighted by Gasteiger charge is 2.76. The molecule has 0 amide bonds. The molecule has 0 aromatic rings. The number of aliphatic hydroxyl groups excluding tert-OH is 8. The lowest BCUT2D eigenvalue weighted by atomic mass is 9.41. The molecule has 0 aromatic heterocycles. The molecular formula is C57H90O24. The first-order valence-electron chi connectivity index (χ1n) is 28.8. The highest BCUT2D eigenvalue weighted by Crippen LogP contribution is 2.70. The topological polar surface area (TPSA) is 344 Å². The highest BCUT2D eigenvalue weighted by atomic mass is 16.8. The summed E-state index contributed by atoms with van der Waals surface area (Å²) >= 11 is 0. The van der Waals surface area contributed by atoms with E-state index in [1.807, 2.05) is 6.92 Å². The first-order valence-corrected chi connectivity index (χ1v) is 28.8. The van der Waals surface area contributed by atoms with Gasteiger partial charge in [-0.3, -0.25) is 4.79 Å². The second kappa shape index (κ2) is 25.7. The number of aliphatic hydroxyl groups is 9. The largest absolute Gasteiger partial charge is 0.455 e. The number of fused-ring (bicyclic) bond motifs is 5. The van der Waals surface area contributed by atoms with Crippen molar-refractivity contribution in [3.8, 4) is 0 Å². The Kier molecular flexibility index (Phi) is 20.4. The summed E-state index contributed by atoms with van der Waals surface area (Å²) < 4.78 is 73.8. The first-order chi connectivity index (χ1) is 38.3. The Labute approximate surface area is 473 Å². The van der Waals surface area contributed by atoms with Crippen molar-refractivity contribution in [1.82, 2.24) is 0 Å². The first kappa shape index (κ1) is 64.3. The molecule has 4 saturated carbocycles. The summed E-state index contributed by atoms with van der Waals surface area (Å²) in [6.07, 6.45) is -20.6. The van der Waals surface area contributed by atoms with Gasteiger partial charge in [0, 0.05) is 49.0 Å². The molecule has 29 atom stereocenters. The Morgan fingerprint density at radius 1 is 0.593 bits per heavy atom. The summed E-state index contributed by atoms with van der Waals surface area (Å²) in [4.78, 5) is 41.3. The molecule has 8 aliphatic rings. The van der Waals surface area contributed by atoms with Gasteiger partial charge in [0.1, 0.15) is 91.2 Å². The van der Waals surface area contributed by atoms with Gasteiger partial charge in [-0.25, -0.2) is 9.59 Å². The quantitative estimate of drug-likeness (QED) is 0.0540. The minimum absolute atomic E-state index is 0.0296. The van der Waals surface area contributed by atoms with E-state index in [9.17, 15) is 60.3 Å². The van der Waals surface area contributed by atoms with Crippen molar-refractivity contribution in [1.29, 1.82) is 0 Å². The molecule has 24 nitrogen and oxygen atoms in total. The van der Waals surface area contributed by atoms with Gasteiger partial charge in [-0.15, -0.1) is 0 Å². The van der Waals surface area contributed by atoms with Crippen LogP contribution in [0.2, 0.25) is 0 Å². The Morgan fingerprint density at radius 2 is 1.17 bits per heavy atom. The normalized spacial score (nSPS) is 49.5. The van der Waals surface area contributed by atoms with E-state index in [0.717, 1.165) is 6.42 Å². The Bertz CT molecular complexity index is 2250. The molecule has 81 heavy (non-hydrogen) atoms. The minimum Gasteiger partial charge on any atom is -0.455 e. The molecule has 4 aliphatic heterocycles. The van der Waals surface area contributed by atoms with Crippen LogP contribution >= 0.6 is 0 Å². The fourth-order valence-electron chi connectivity index (χ4n) is 15.2. The molecule has 8 fully saturated rings. The van der Waals surface area contributed by atoms with Gasteiger partial charge < -0.3 is 103 Å². The second-order valence-electron chi connectivity index (χ2n) is 24.4. The molecule has 24 heteroatoms. The van der Waals surface area contributed by atoms with Crippen molar-refractivity contribution in [2.75, 3.05) is 27.4 Å². The van der Waals surface area contributed by atoms with Crippen molar-refractivity contribution < 1.29 is 117 Å². The number of ketones is 1. The van der Waals surface area contributed by atoms with Crippen LogP contribution in [0.1, 0.15) is 114 Å². The molecule has 0 aromatic carbocycles. The lowest BCUT2D eigenvalue weighted by Gasteiger charge is -2.66. The van der Waals surface area contributed by atoms with Crippen LogP contribution in [-0.2, 0) is 71.2 Å². The number of carbonyl (C=O) groups is 3. The molecule has 9 N–H and O–H groups in total. The fraction of sp³-hybridized carbons (Fsp3) is 0.877. The van der Waals surface area contributed by atoms with Gasteiger partial charge in [0.25, 0.3) is 0 Å².